The molecule has 2 rings (SSSR count). The largest absolute Gasteiger partial charge is 0.378 e. The molecule has 5 heteroatoms. The minimum Gasteiger partial charge on any atom is -0.378 e. The number of benzene rings is 2. The lowest BCUT2D eigenvalue weighted by Gasteiger charge is -2.13. The number of hydrogen-bond acceptors (Lipinski definition) is 3. The van der Waals surface area contributed by atoms with Gasteiger partial charge in [0.1, 0.15) is 0 Å². The van der Waals surface area contributed by atoms with Gasteiger partial charge in [0.2, 0.25) is 5.91 Å². The normalized spacial score (nSPS) is 11.6. The van der Waals surface area contributed by atoms with Gasteiger partial charge in [-0.2, -0.15) is 0 Å². The van der Waals surface area contributed by atoms with Crippen molar-refractivity contribution in [2.24, 2.45) is 0 Å². The monoisotopic (exact) mass is 312 g/mol. The van der Waals surface area contributed by atoms with E-state index >= 15 is 0 Å². The Balaban J connectivity index is 1.90. The fourth-order valence-electron chi connectivity index (χ4n) is 2.25. The summed E-state index contributed by atoms with van der Waals surface area (Å²) in [6.07, 6.45) is -1.29. The number of carbonyl (C=O) groups is 2. The van der Waals surface area contributed by atoms with Gasteiger partial charge in [-0.3, -0.25) is 9.59 Å². The Hall–Kier alpha value is -2.66. The van der Waals surface area contributed by atoms with Crippen LogP contribution in [0.5, 0.6) is 0 Å². The van der Waals surface area contributed by atoms with Crippen LogP contribution in [0, 0.1) is 13.8 Å². The van der Waals surface area contributed by atoms with Gasteiger partial charge in [0.05, 0.1) is 6.54 Å². The molecule has 0 aromatic heterocycles. The standard InChI is InChI=1S/C18H20N2O3/c1-12-7-6-8-13(2)16(12)20-15(21)11-19-18(23)17(22)14-9-4-3-5-10-14/h3-10,17,22H,11H2,1-2H3,(H,19,23)(H,20,21). The van der Waals surface area contributed by atoms with Crippen molar-refractivity contribution in [3.05, 3.63) is 65.2 Å². The van der Waals surface area contributed by atoms with Crippen molar-refractivity contribution in [2.75, 3.05) is 11.9 Å². The summed E-state index contributed by atoms with van der Waals surface area (Å²) in [4.78, 5) is 23.9. The fourth-order valence-corrected chi connectivity index (χ4v) is 2.25. The first-order chi connectivity index (χ1) is 11.0. The number of anilines is 1. The van der Waals surface area contributed by atoms with Crippen molar-refractivity contribution in [1.29, 1.82) is 0 Å². The van der Waals surface area contributed by atoms with Gasteiger partial charge in [0, 0.05) is 5.69 Å². The molecule has 0 spiro atoms. The molecule has 0 fully saturated rings. The molecule has 0 aliphatic rings. The van der Waals surface area contributed by atoms with Crippen LogP contribution in [0.15, 0.2) is 48.5 Å². The van der Waals surface area contributed by atoms with Gasteiger partial charge in [0.25, 0.3) is 5.91 Å². The first kappa shape index (κ1) is 16.7. The van der Waals surface area contributed by atoms with Crippen molar-refractivity contribution in [2.45, 2.75) is 20.0 Å². The van der Waals surface area contributed by atoms with Crippen LogP contribution in [0.1, 0.15) is 22.8 Å². The minimum absolute atomic E-state index is 0.198. The molecule has 0 heterocycles. The van der Waals surface area contributed by atoms with Crippen LogP contribution >= 0.6 is 0 Å². The number of rotatable bonds is 5. The number of amides is 2. The summed E-state index contributed by atoms with van der Waals surface area (Å²) in [5.41, 5.74) is 3.14. The summed E-state index contributed by atoms with van der Waals surface area (Å²) in [6.45, 7) is 3.61. The quantitative estimate of drug-likeness (QED) is 0.791. The predicted octanol–water partition coefficient (Wildman–Crippen LogP) is 2.09. The van der Waals surface area contributed by atoms with E-state index in [2.05, 4.69) is 10.6 Å². The minimum atomic E-state index is -1.29. The summed E-state index contributed by atoms with van der Waals surface area (Å²) < 4.78 is 0. The Morgan fingerprint density at radius 3 is 2.22 bits per heavy atom. The number of carbonyl (C=O) groups excluding carboxylic acids is 2. The maximum Gasteiger partial charge on any atom is 0.253 e. The number of nitrogens with one attached hydrogen (secondary N) is 2. The summed E-state index contributed by atoms with van der Waals surface area (Å²) in [5, 5.41) is 15.2. The summed E-state index contributed by atoms with van der Waals surface area (Å²) in [7, 11) is 0. The molecule has 1 atom stereocenters. The SMILES string of the molecule is Cc1cccc(C)c1NC(=O)CNC(=O)C(O)c1ccccc1. The van der Waals surface area contributed by atoms with Crippen LogP contribution in [0.25, 0.3) is 0 Å². The number of para-hydroxylation sites is 1. The topological polar surface area (TPSA) is 78.4 Å². The van der Waals surface area contributed by atoms with E-state index in [9.17, 15) is 14.7 Å². The van der Waals surface area contributed by atoms with Gasteiger partial charge in [-0.05, 0) is 30.5 Å². The second-order valence-corrected chi connectivity index (χ2v) is 5.35. The van der Waals surface area contributed by atoms with Gasteiger partial charge < -0.3 is 15.7 Å². The van der Waals surface area contributed by atoms with Gasteiger partial charge in [-0.1, -0.05) is 48.5 Å². The van der Waals surface area contributed by atoms with Crippen LogP contribution in [-0.4, -0.2) is 23.5 Å². The van der Waals surface area contributed by atoms with E-state index < -0.39 is 12.0 Å². The third-order valence-corrected chi connectivity index (χ3v) is 3.53. The van der Waals surface area contributed by atoms with E-state index in [0.717, 1.165) is 16.8 Å². The van der Waals surface area contributed by atoms with E-state index in [4.69, 9.17) is 0 Å². The average Bonchev–Trinajstić information content (AvgIpc) is 2.56. The van der Waals surface area contributed by atoms with Crippen LogP contribution in [0.2, 0.25) is 0 Å². The first-order valence-corrected chi connectivity index (χ1v) is 7.36. The molecule has 0 radical (unpaired) electrons. The third kappa shape index (κ3) is 4.40. The molecular weight excluding hydrogens is 292 g/mol. The molecule has 1 unspecified atom stereocenters. The smallest absolute Gasteiger partial charge is 0.253 e. The van der Waals surface area contributed by atoms with E-state index in [1.165, 1.54) is 0 Å². The molecule has 0 saturated carbocycles. The third-order valence-electron chi connectivity index (χ3n) is 3.53. The number of aliphatic hydroxyl groups excluding tert-OH is 1. The van der Waals surface area contributed by atoms with Crippen LogP contribution < -0.4 is 10.6 Å². The zero-order valence-electron chi connectivity index (χ0n) is 13.2. The van der Waals surface area contributed by atoms with Crippen LogP contribution in [-0.2, 0) is 9.59 Å². The maximum atomic E-state index is 12.0. The van der Waals surface area contributed by atoms with Gasteiger partial charge in [-0.15, -0.1) is 0 Å². The molecule has 3 N–H and O–H groups in total. The molecular formula is C18H20N2O3. The molecule has 0 bridgehead atoms. The summed E-state index contributed by atoms with van der Waals surface area (Å²) >= 11 is 0. The number of hydrogen-bond donors (Lipinski definition) is 3. The highest BCUT2D eigenvalue weighted by molar-refractivity contribution is 5.96. The summed E-state index contributed by atoms with van der Waals surface area (Å²) in [6, 6.07) is 14.3. The Morgan fingerprint density at radius 1 is 1.00 bits per heavy atom. The highest BCUT2D eigenvalue weighted by Crippen LogP contribution is 2.19. The Morgan fingerprint density at radius 2 is 1.61 bits per heavy atom. The molecule has 5 nitrogen and oxygen atoms in total. The predicted molar refractivity (Wildman–Crippen MR) is 89.0 cm³/mol. The average molecular weight is 312 g/mol. The van der Waals surface area contributed by atoms with E-state index in [1.807, 2.05) is 32.0 Å². The van der Waals surface area contributed by atoms with Crippen molar-refractivity contribution < 1.29 is 14.7 Å². The Kier molecular flexibility index (Phi) is 5.49. The lowest BCUT2D eigenvalue weighted by molar-refractivity contribution is -0.131. The van der Waals surface area contributed by atoms with Crippen molar-refractivity contribution in [1.82, 2.24) is 5.32 Å². The van der Waals surface area contributed by atoms with Gasteiger partial charge >= 0.3 is 0 Å². The second-order valence-electron chi connectivity index (χ2n) is 5.35. The van der Waals surface area contributed by atoms with Crippen LogP contribution in [0.4, 0.5) is 5.69 Å². The van der Waals surface area contributed by atoms with Gasteiger partial charge in [-0.25, -0.2) is 0 Å². The van der Waals surface area contributed by atoms with Gasteiger partial charge in [0.15, 0.2) is 6.10 Å². The molecule has 2 amide bonds. The van der Waals surface area contributed by atoms with Crippen molar-refractivity contribution in [3.8, 4) is 0 Å². The fraction of sp³-hybridized carbons (Fsp3) is 0.222. The maximum absolute atomic E-state index is 12.0. The van der Waals surface area contributed by atoms with E-state index in [-0.39, 0.29) is 12.5 Å². The molecule has 120 valence electrons. The molecule has 0 aliphatic heterocycles. The highest BCUT2D eigenvalue weighted by atomic mass is 16.3. The lowest BCUT2D eigenvalue weighted by atomic mass is 10.1. The molecule has 0 saturated heterocycles. The Labute approximate surface area is 135 Å². The molecule has 0 aliphatic carbocycles. The van der Waals surface area contributed by atoms with Crippen molar-refractivity contribution >= 4 is 17.5 Å². The second kappa shape index (κ2) is 7.56. The molecule has 23 heavy (non-hydrogen) atoms. The first-order valence-electron chi connectivity index (χ1n) is 7.36. The van der Waals surface area contributed by atoms with Crippen molar-refractivity contribution in [3.63, 3.8) is 0 Å². The summed E-state index contributed by atoms with van der Waals surface area (Å²) in [5.74, 6) is -0.941. The van der Waals surface area contributed by atoms with E-state index in [0.29, 0.717) is 5.56 Å². The lowest BCUT2D eigenvalue weighted by Crippen LogP contribution is -2.36. The Bertz CT molecular complexity index is 678. The highest BCUT2D eigenvalue weighted by Gasteiger charge is 2.17. The zero-order valence-corrected chi connectivity index (χ0v) is 13.2. The van der Waals surface area contributed by atoms with Crippen LogP contribution in [0.3, 0.4) is 0 Å². The molecule has 2 aromatic carbocycles. The molecule has 2 aromatic rings. The number of aliphatic hydroxyl groups is 1. The number of aryl methyl sites for hydroxylation is 2. The van der Waals surface area contributed by atoms with E-state index in [1.54, 1.807) is 30.3 Å². The zero-order chi connectivity index (χ0) is 16.8.